The summed E-state index contributed by atoms with van der Waals surface area (Å²) >= 11 is 0. The number of benzene rings is 2. The zero-order valence-corrected chi connectivity index (χ0v) is 16.0. The topological polar surface area (TPSA) is 67.4 Å². The number of fused-ring (bicyclic) bond motifs is 1. The van der Waals surface area contributed by atoms with E-state index in [1.54, 1.807) is 6.07 Å². The molecule has 0 bridgehead atoms. The van der Waals surface area contributed by atoms with Crippen molar-refractivity contribution < 1.29 is 14.3 Å². The summed E-state index contributed by atoms with van der Waals surface area (Å²) in [6.45, 7) is 6.14. The van der Waals surface area contributed by atoms with E-state index in [4.69, 9.17) is 4.74 Å². The van der Waals surface area contributed by atoms with Crippen molar-refractivity contribution in [3.8, 4) is 5.75 Å². The number of amides is 2. The van der Waals surface area contributed by atoms with E-state index in [-0.39, 0.29) is 23.8 Å². The largest absolute Gasteiger partial charge is 0.488 e. The average molecular weight is 366 g/mol. The molecule has 1 aliphatic rings. The summed E-state index contributed by atoms with van der Waals surface area (Å²) in [6.07, 6.45) is 0.699. The van der Waals surface area contributed by atoms with Crippen molar-refractivity contribution in [2.75, 3.05) is 6.54 Å². The highest BCUT2D eigenvalue weighted by Crippen LogP contribution is 2.27. The predicted octanol–water partition coefficient (Wildman–Crippen LogP) is 2.87. The lowest BCUT2D eigenvalue weighted by molar-refractivity contribution is -0.124. The highest BCUT2D eigenvalue weighted by Gasteiger charge is 2.27. The maximum atomic E-state index is 12.7. The SMILES string of the molecule is Cc1ccccc1C(=O)NC(C(=O)NCC1Cc2ccccc2O1)C(C)C. The summed E-state index contributed by atoms with van der Waals surface area (Å²) in [5.41, 5.74) is 2.63. The molecule has 3 rings (SSSR count). The van der Waals surface area contributed by atoms with Gasteiger partial charge in [0.1, 0.15) is 17.9 Å². The van der Waals surface area contributed by atoms with Gasteiger partial charge in [-0.1, -0.05) is 50.2 Å². The Morgan fingerprint density at radius 3 is 2.52 bits per heavy atom. The van der Waals surface area contributed by atoms with Crippen LogP contribution < -0.4 is 15.4 Å². The molecule has 5 heteroatoms. The van der Waals surface area contributed by atoms with Gasteiger partial charge in [0.2, 0.25) is 5.91 Å². The van der Waals surface area contributed by atoms with Gasteiger partial charge in [-0.2, -0.15) is 0 Å². The van der Waals surface area contributed by atoms with Gasteiger partial charge in [-0.25, -0.2) is 0 Å². The molecule has 2 aromatic rings. The lowest BCUT2D eigenvalue weighted by atomic mass is 10.0. The van der Waals surface area contributed by atoms with E-state index in [0.717, 1.165) is 23.3 Å². The van der Waals surface area contributed by atoms with Crippen molar-refractivity contribution in [1.82, 2.24) is 10.6 Å². The first-order valence-corrected chi connectivity index (χ1v) is 9.34. The second-order valence-corrected chi connectivity index (χ2v) is 7.31. The molecule has 142 valence electrons. The molecule has 0 fully saturated rings. The molecule has 2 amide bonds. The number of aryl methyl sites for hydroxylation is 1. The number of carbonyl (C=O) groups is 2. The summed E-state index contributed by atoms with van der Waals surface area (Å²) in [5, 5.41) is 5.81. The molecule has 27 heavy (non-hydrogen) atoms. The first-order chi connectivity index (χ1) is 13.0. The van der Waals surface area contributed by atoms with Crippen molar-refractivity contribution in [2.24, 2.45) is 5.92 Å². The monoisotopic (exact) mass is 366 g/mol. The minimum absolute atomic E-state index is 0.0281. The van der Waals surface area contributed by atoms with Crippen LogP contribution in [0.5, 0.6) is 5.75 Å². The number of ether oxygens (including phenoxy) is 1. The third kappa shape index (κ3) is 4.48. The zero-order chi connectivity index (χ0) is 19.4. The molecule has 0 aliphatic carbocycles. The second kappa shape index (κ2) is 8.25. The van der Waals surface area contributed by atoms with Crippen LogP contribution in [0.2, 0.25) is 0 Å². The lowest BCUT2D eigenvalue weighted by Gasteiger charge is -2.23. The van der Waals surface area contributed by atoms with Crippen LogP contribution in [0.25, 0.3) is 0 Å². The number of nitrogens with one attached hydrogen (secondary N) is 2. The van der Waals surface area contributed by atoms with E-state index in [0.29, 0.717) is 12.1 Å². The third-order valence-corrected chi connectivity index (χ3v) is 4.84. The first kappa shape index (κ1) is 19.0. The summed E-state index contributed by atoms with van der Waals surface area (Å²) in [6, 6.07) is 14.7. The van der Waals surface area contributed by atoms with Gasteiger partial charge in [0.05, 0.1) is 6.54 Å². The molecule has 0 aromatic heterocycles. The van der Waals surface area contributed by atoms with Crippen molar-refractivity contribution in [3.63, 3.8) is 0 Å². The molecule has 0 spiro atoms. The smallest absolute Gasteiger partial charge is 0.252 e. The average Bonchev–Trinajstić information content (AvgIpc) is 3.07. The minimum atomic E-state index is -0.596. The molecular formula is C22H26N2O3. The Morgan fingerprint density at radius 1 is 1.11 bits per heavy atom. The van der Waals surface area contributed by atoms with Crippen LogP contribution in [-0.2, 0) is 11.2 Å². The molecule has 1 aliphatic heterocycles. The van der Waals surface area contributed by atoms with Gasteiger partial charge < -0.3 is 15.4 Å². The van der Waals surface area contributed by atoms with Crippen LogP contribution in [0, 0.1) is 12.8 Å². The minimum Gasteiger partial charge on any atom is -0.488 e. The van der Waals surface area contributed by atoms with E-state index < -0.39 is 6.04 Å². The van der Waals surface area contributed by atoms with Gasteiger partial charge in [0.25, 0.3) is 5.91 Å². The highest BCUT2D eigenvalue weighted by atomic mass is 16.5. The number of hydrogen-bond donors (Lipinski definition) is 2. The van der Waals surface area contributed by atoms with Gasteiger partial charge >= 0.3 is 0 Å². The fraction of sp³-hybridized carbons (Fsp3) is 0.364. The Bertz CT molecular complexity index is 807. The van der Waals surface area contributed by atoms with Crippen LogP contribution in [0.15, 0.2) is 48.5 Å². The van der Waals surface area contributed by atoms with Crippen LogP contribution in [0.1, 0.15) is 35.3 Å². The summed E-state index contributed by atoms with van der Waals surface area (Å²) < 4.78 is 5.86. The number of carbonyl (C=O) groups excluding carboxylic acids is 2. The molecule has 2 N–H and O–H groups in total. The maximum absolute atomic E-state index is 12.7. The van der Waals surface area contributed by atoms with Crippen molar-refractivity contribution >= 4 is 11.8 Å². The van der Waals surface area contributed by atoms with Gasteiger partial charge in [-0.15, -0.1) is 0 Å². The molecular weight excluding hydrogens is 340 g/mol. The van der Waals surface area contributed by atoms with E-state index in [2.05, 4.69) is 10.6 Å². The Hall–Kier alpha value is -2.82. The molecule has 1 heterocycles. The van der Waals surface area contributed by atoms with Crippen molar-refractivity contribution in [2.45, 2.75) is 39.3 Å². The van der Waals surface area contributed by atoms with Gasteiger partial charge in [0, 0.05) is 12.0 Å². The first-order valence-electron chi connectivity index (χ1n) is 9.34. The van der Waals surface area contributed by atoms with Crippen LogP contribution >= 0.6 is 0 Å². The Labute approximate surface area is 160 Å². The number of hydrogen-bond acceptors (Lipinski definition) is 3. The normalized spacial score (nSPS) is 16.4. The van der Waals surface area contributed by atoms with Gasteiger partial charge in [0.15, 0.2) is 0 Å². The molecule has 0 radical (unpaired) electrons. The second-order valence-electron chi connectivity index (χ2n) is 7.31. The van der Waals surface area contributed by atoms with E-state index >= 15 is 0 Å². The fourth-order valence-electron chi connectivity index (χ4n) is 3.27. The third-order valence-electron chi connectivity index (χ3n) is 4.84. The molecule has 2 unspecified atom stereocenters. The molecule has 2 aromatic carbocycles. The van der Waals surface area contributed by atoms with E-state index in [1.807, 2.05) is 63.2 Å². The van der Waals surface area contributed by atoms with Crippen molar-refractivity contribution in [3.05, 3.63) is 65.2 Å². The van der Waals surface area contributed by atoms with Crippen molar-refractivity contribution in [1.29, 1.82) is 0 Å². The fourth-order valence-corrected chi connectivity index (χ4v) is 3.27. The summed E-state index contributed by atoms with van der Waals surface area (Å²) in [4.78, 5) is 25.3. The quantitative estimate of drug-likeness (QED) is 0.826. The van der Waals surface area contributed by atoms with Crippen LogP contribution in [0.3, 0.4) is 0 Å². The number of rotatable bonds is 6. The highest BCUT2D eigenvalue weighted by molar-refractivity contribution is 5.98. The molecule has 2 atom stereocenters. The molecule has 0 saturated carbocycles. The Kier molecular flexibility index (Phi) is 5.79. The predicted molar refractivity (Wildman–Crippen MR) is 105 cm³/mol. The van der Waals surface area contributed by atoms with E-state index in [1.165, 1.54) is 0 Å². The Morgan fingerprint density at radius 2 is 1.81 bits per heavy atom. The van der Waals surface area contributed by atoms with Gasteiger partial charge in [-0.3, -0.25) is 9.59 Å². The lowest BCUT2D eigenvalue weighted by Crippen LogP contribution is -2.51. The Balaban J connectivity index is 1.58. The standard InChI is InChI=1S/C22H26N2O3/c1-14(2)20(24-21(25)18-10-6-4-8-15(18)3)22(26)23-13-17-12-16-9-5-7-11-19(16)27-17/h4-11,14,17,20H,12-13H2,1-3H3,(H,23,26)(H,24,25). The van der Waals surface area contributed by atoms with E-state index in [9.17, 15) is 9.59 Å². The summed E-state index contributed by atoms with van der Waals surface area (Å²) in [5.74, 6) is 0.433. The van der Waals surface area contributed by atoms with Gasteiger partial charge in [-0.05, 0) is 36.1 Å². The zero-order valence-electron chi connectivity index (χ0n) is 16.0. The molecule has 0 saturated heterocycles. The number of para-hydroxylation sites is 1. The maximum Gasteiger partial charge on any atom is 0.252 e. The van der Waals surface area contributed by atoms with Crippen LogP contribution in [0.4, 0.5) is 0 Å². The summed E-state index contributed by atoms with van der Waals surface area (Å²) in [7, 11) is 0. The molecule has 5 nitrogen and oxygen atoms in total. The van der Waals surface area contributed by atoms with Crippen LogP contribution in [-0.4, -0.2) is 30.5 Å².